The zero-order valence-electron chi connectivity index (χ0n) is 16.2. The third-order valence-corrected chi connectivity index (χ3v) is 5.83. The van der Waals surface area contributed by atoms with Crippen LogP contribution < -0.4 is 10.6 Å². The van der Waals surface area contributed by atoms with E-state index in [9.17, 15) is 14.0 Å². The monoisotopic (exact) mass is 442 g/mol. The van der Waals surface area contributed by atoms with Crippen LogP contribution in [0, 0.1) is 5.82 Å². The molecule has 2 N–H and O–H groups in total. The Hall–Kier alpha value is -2.83. The molecule has 0 spiro atoms. The van der Waals surface area contributed by atoms with Gasteiger partial charge in [0.05, 0.1) is 5.25 Å². The van der Waals surface area contributed by atoms with Crippen LogP contribution in [0.3, 0.4) is 0 Å². The summed E-state index contributed by atoms with van der Waals surface area (Å²) in [5.41, 5.74) is 1.60. The molecule has 0 aliphatic heterocycles. The lowest BCUT2D eigenvalue weighted by Crippen LogP contribution is -2.24. The number of rotatable bonds is 7. The Morgan fingerprint density at radius 3 is 2.30 bits per heavy atom. The molecular weight excluding hydrogens is 423 g/mol. The molecule has 30 heavy (non-hydrogen) atoms. The maximum Gasteiger partial charge on any atom is 0.255 e. The lowest BCUT2D eigenvalue weighted by Gasteiger charge is -2.15. The minimum Gasteiger partial charge on any atom is -0.325 e. The van der Waals surface area contributed by atoms with Crippen molar-refractivity contribution < 1.29 is 14.0 Å². The quantitative estimate of drug-likeness (QED) is 0.426. The molecule has 154 valence electrons. The zero-order valence-corrected chi connectivity index (χ0v) is 17.8. The van der Waals surface area contributed by atoms with Gasteiger partial charge in [0.1, 0.15) is 5.82 Å². The molecule has 0 aliphatic rings. The Bertz CT molecular complexity index is 1040. The van der Waals surface area contributed by atoms with Gasteiger partial charge in [0, 0.05) is 26.9 Å². The second-order valence-electron chi connectivity index (χ2n) is 6.50. The molecule has 3 rings (SSSR count). The number of carbonyl (C=O) groups excluding carboxylic acids is 2. The summed E-state index contributed by atoms with van der Waals surface area (Å²) >= 11 is 7.39. The van der Waals surface area contributed by atoms with E-state index in [1.165, 1.54) is 36.0 Å². The van der Waals surface area contributed by atoms with E-state index in [0.717, 1.165) is 4.90 Å². The SMILES string of the molecule is CCC(Sc1cccc(NC(=O)c2ccc(F)cc2)c1)C(=O)Nc1cccc(Cl)c1. The van der Waals surface area contributed by atoms with E-state index >= 15 is 0 Å². The van der Waals surface area contributed by atoms with Gasteiger partial charge in [0.2, 0.25) is 5.91 Å². The average molecular weight is 443 g/mol. The first kappa shape index (κ1) is 21.9. The van der Waals surface area contributed by atoms with Crippen LogP contribution in [0.25, 0.3) is 0 Å². The lowest BCUT2D eigenvalue weighted by molar-refractivity contribution is -0.115. The van der Waals surface area contributed by atoms with E-state index in [1.54, 1.807) is 36.4 Å². The van der Waals surface area contributed by atoms with Gasteiger partial charge in [-0.2, -0.15) is 0 Å². The number of carbonyl (C=O) groups is 2. The minimum atomic E-state index is -0.397. The Morgan fingerprint density at radius 1 is 0.967 bits per heavy atom. The number of halogens is 2. The van der Waals surface area contributed by atoms with E-state index in [0.29, 0.717) is 28.4 Å². The van der Waals surface area contributed by atoms with Crippen LogP contribution in [0.5, 0.6) is 0 Å². The molecule has 0 saturated heterocycles. The van der Waals surface area contributed by atoms with Crippen LogP contribution in [0.2, 0.25) is 5.02 Å². The molecule has 0 heterocycles. The highest BCUT2D eigenvalue weighted by molar-refractivity contribution is 8.00. The number of amides is 2. The number of hydrogen-bond acceptors (Lipinski definition) is 3. The summed E-state index contributed by atoms with van der Waals surface area (Å²) < 4.78 is 13.0. The Kier molecular flexibility index (Phi) is 7.49. The van der Waals surface area contributed by atoms with Gasteiger partial charge in [-0.1, -0.05) is 30.7 Å². The van der Waals surface area contributed by atoms with Crippen LogP contribution in [0.15, 0.2) is 77.7 Å². The molecule has 0 radical (unpaired) electrons. The highest BCUT2D eigenvalue weighted by Crippen LogP contribution is 2.29. The molecule has 3 aromatic rings. The van der Waals surface area contributed by atoms with Crippen molar-refractivity contribution in [2.45, 2.75) is 23.5 Å². The second-order valence-corrected chi connectivity index (χ2v) is 8.22. The molecule has 7 heteroatoms. The molecule has 0 fully saturated rings. The zero-order chi connectivity index (χ0) is 21.5. The first-order valence-corrected chi connectivity index (χ1v) is 10.6. The Labute approximate surface area is 183 Å². The summed E-state index contributed by atoms with van der Waals surface area (Å²) in [6, 6.07) is 19.6. The van der Waals surface area contributed by atoms with Crippen LogP contribution in [-0.4, -0.2) is 17.1 Å². The van der Waals surface area contributed by atoms with E-state index in [2.05, 4.69) is 10.6 Å². The Balaban J connectivity index is 1.66. The number of thioether (sulfide) groups is 1. The number of benzene rings is 3. The van der Waals surface area contributed by atoms with E-state index in [1.807, 2.05) is 19.1 Å². The summed E-state index contributed by atoms with van der Waals surface area (Å²) in [6.45, 7) is 1.94. The van der Waals surface area contributed by atoms with E-state index in [4.69, 9.17) is 11.6 Å². The normalized spacial score (nSPS) is 11.6. The van der Waals surface area contributed by atoms with Gasteiger partial charge in [-0.3, -0.25) is 9.59 Å². The third kappa shape index (κ3) is 6.08. The van der Waals surface area contributed by atoms with Gasteiger partial charge in [-0.25, -0.2) is 4.39 Å². The fourth-order valence-corrected chi connectivity index (χ4v) is 3.93. The van der Waals surface area contributed by atoms with Crippen LogP contribution >= 0.6 is 23.4 Å². The predicted octanol–water partition coefficient (Wildman–Crippen LogP) is 6.24. The molecule has 3 aromatic carbocycles. The van der Waals surface area contributed by atoms with Gasteiger partial charge < -0.3 is 10.6 Å². The molecule has 1 atom stereocenters. The van der Waals surface area contributed by atoms with Crippen molar-refractivity contribution in [3.8, 4) is 0 Å². The molecule has 0 bridgehead atoms. The molecule has 0 aromatic heterocycles. The molecule has 0 aliphatic carbocycles. The number of anilines is 2. The summed E-state index contributed by atoms with van der Waals surface area (Å²) in [5.74, 6) is -0.847. The number of nitrogens with one attached hydrogen (secondary N) is 2. The highest BCUT2D eigenvalue weighted by atomic mass is 35.5. The first-order valence-electron chi connectivity index (χ1n) is 9.34. The summed E-state index contributed by atoms with van der Waals surface area (Å²) in [4.78, 5) is 25.8. The molecule has 1 unspecified atom stereocenters. The van der Waals surface area contributed by atoms with E-state index < -0.39 is 5.82 Å². The third-order valence-electron chi connectivity index (χ3n) is 4.23. The maximum absolute atomic E-state index is 13.0. The first-order chi connectivity index (χ1) is 14.4. The smallest absolute Gasteiger partial charge is 0.255 e. The van der Waals surface area contributed by atoms with Crippen LogP contribution in [-0.2, 0) is 4.79 Å². The fraction of sp³-hybridized carbons (Fsp3) is 0.130. The standard InChI is InChI=1S/C23H20ClFN2O2S/c1-2-21(23(29)27-18-6-3-5-16(24)13-18)30-20-8-4-7-19(14-20)26-22(28)15-9-11-17(25)12-10-15/h3-14,21H,2H2,1H3,(H,26,28)(H,27,29). The van der Waals surface area contributed by atoms with Crippen molar-refractivity contribution in [3.63, 3.8) is 0 Å². The average Bonchev–Trinajstić information content (AvgIpc) is 2.72. The van der Waals surface area contributed by atoms with Crippen LogP contribution in [0.1, 0.15) is 23.7 Å². The summed E-state index contributed by atoms with van der Waals surface area (Å²) in [6.07, 6.45) is 0.628. The fourth-order valence-electron chi connectivity index (χ4n) is 2.73. The summed E-state index contributed by atoms with van der Waals surface area (Å²) in [5, 5.41) is 5.92. The van der Waals surface area contributed by atoms with Crippen molar-refractivity contribution in [2.24, 2.45) is 0 Å². The van der Waals surface area contributed by atoms with Crippen molar-refractivity contribution in [1.29, 1.82) is 0 Å². The topological polar surface area (TPSA) is 58.2 Å². The van der Waals surface area contributed by atoms with Crippen molar-refractivity contribution in [1.82, 2.24) is 0 Å². The lowest BCUT2D eigenvalue weighted by atomic mass is 10.2. The maximum atomic E-state index is 13.0. The van der Waals surface area contributed by atoms with Gasteiger partial charge in [0.15, 0.2) is 0 Å². The van der Waals surface area contributed by atoms with Gasteiger partial charge in [-0.05, 0) is 67.1 Å². The second kappa shape index (κ2) is 10.3. The molecule has 4 nitrogen and oxygen atoms in total. The van der Waals surface area contributed by atoms with Crippen molar-refractivity contribution in [2.75, 3.05) is 10.6 Å². The van der Waals surface area contributed by atoms with Gasteiger partial charge >= 0.3 is 0 Å². The molecular formula is C23H20ClFN2O2S. The van der Waals surface area contributed by atoms with Crippen LogP contribution in [0.4, 0.5) is 15.8 Å². The largest absolute Gasteiger partial charge is 0.325 e. The molecule has 0 saturated carbocycles. The van der Waals surface area contributed by atoms with Crippen molar-refractivity contribution >= 4 is 46.6 Å². The highest BCUT2D eigenvalue weighted by Gasteiger charge is 2.18. The van der Waals surface area contributed by atoms with Gasteiger partial charge in [-0.15, -0.1) is 11.8 Å². The summed E-state index contributed by atoms with van der Waals surface area (Å²) in [7, 11) is 0. The van der Waals surface area contributed by atoms with E-state index in [-0.39, 0.29) is 17.1 Å². The van der Waals surface area contributed by atoms with Gasteiger partial charge in [0.25, 0.3) is 5.91 Å². The number of hydrogen-bond donors (Lipinski definition) is 2. The van der Waals surface area contributed by atoms with Crippen molar-refractivity contribution in [3.05, 3.63) is 89.2 Å². The minimum absolute atomic E-state index is 0.120. The predicted molar refractivity (Wildman–Crippen MR) is 121 cm³/mol. The molecule has 2 amide bonds. The Morgan fingerprint density at radius 2 is 1.63 bits per heavy atom.